The Bertz CT molecular complexity index is 345. The summed E-state index contributed by atoms with van der Waals surface area (Å²) in [6.45, 7) is 2.00. The number of hydrogen-bond donors (Lipinski definition) is 0. The van der Waals surface area contributed by atoms with Crippen LogP contribution in [0.15, 0.2) is 18.2 Å². The van der Waals surface area contributed by atoms with Gasteiger partial charge < -0.3 is 9.47 Å². The van der Waals surface area contributed by atoms with Gasteiger partial charge in [-0.25, -0.2) is 0 Å². The number of esters is 1. The Hall–Kier alpha value is -1.51. The number of carbonyl (C=O) groups is 1. The molecule has 0 aliphatic heterocycles. The summed E-state index contributed by atoms with van der Waals surface area (Å²) in [7, 11) is 3.04. The minimum atomic E-state index is -0.185. The van der Waals surface area contributed by atoms with Crippen molar-refractivity contribution in [1.82, 2.24) is 0 Å². The minimum Gasteiger partial charge on any atom is -0.497 e. The Morgan fingerprint density at radius 2 is 2.00 bits per heavy atom. The molecule has 0 radical (unpaired) electrons. The quantitative estimate of drug-likeness (QED) is 0.711. The summed E-state index contributed by atoms with van der Waals surface area (Å²) >= 11 is 0. The highest BCUT2D eigenvalue weighted by Gasteiger charge is 2.03. The first-order chi connectivity index (χ1) is 7.15. The van der Waals surface area contributed by atoms with E-state index in [1.165, 1.54) is 7.11 Å². The van der Waals surface area contributed by atoms with E-state index in [0.717, 1.165) is 16.9 Å². The molecule has 0 amide bonds. The van der Waals surface area contributed by atoms with E-state index >= 15 is 0 Å². The fourth-order valence-electron chi connectivity index (χ4n) is 1.44. The molecule has 0 aliphatic rings. The maximum absolute atomic E-state index is 11.0. The molecule has 0 spiro atoms. The number of methoxy groups -OCH3 is 2. The fourth-order valence-corrected chi connectivity index (χ4v) is 1.44. The van der Waals surface area contributed by atoms with Crippen molar-refractivity contribution in [3.63, 3.8) is 0 Å². The maximum Gasteiger partial charge on any atom is 0.305 e. The summed E-state index contributed by atoms with van der Waals surface area (Å²) in [6, 6.07) is 5.95. The molecule has 0 saturated carbocycles. The van der Waals surface area contributed by atoms with Crippen LogP contribution in [0, 0.1) is 6.92 Å². The summed E-state index contributed by atoms with van der Waals surface area (Å²) in [5, 5.41) is 0. The molecule has 0 saturated heterocycles. The van der Waals surface area contributed by atoms with Gasteiger partial charge in [-0.2, -0.15) is 0 Å². The SMILES string of the molecule is COC(=O)CCc1cc(C)cc(OC)c1. The fraction of sp³-hybridized carbons (Fsp3) is 0.417. The van der Waals surface area contributed by atoms with Crippen LogP contribution in [0.3, 0.4) is 0 Å². The Balaban J connectivity index is 2.68. The molecule has 1 aromatic rings. The smallest absolute Gasteiger partial charge is 0.305 e. The van der Waals surface area contributed by atoms with Crippen molar-refractivity contribution in [3.8, 4) is 5.75 Å². The lowest BCUT2D eigenvalue weighted by Crippen LogP contribution is -2.02. The molecular formula is C12H16O3. The Kier molecular flexibility index (Phi) is 4.16. The van der Waals surface area contributed by atoms with Crippen LogP contribution in [-0.2, 0) is 16.0 Å². The van der Waals surface area contributed by atoms with Gasteiger partial charge in [-0.15, -0.1) is 0 Å². The van der Waals surface area contributed by atoms with Crippen LogP contribution in [0.1, 0.15) is 17.5 Å². The van der Waals surface area contributed by atoms with Crippen molar-refractivity contribution in [3.05, 3.63) is 29.3 Å². The summed E-state index contributed by atoms with van der Waals surface area (Å²) in [5.74, 6) is 0.644. The third-order valence-electron chi connectivity index (χ3n) is 2.19. The van der Waals surface area contributed by atoms with Crippen LogP contribution in [0.25, 0.3) is 0 Å². The number of rotatable bonds is 4. The molecule has 0 unspecified atom stereocenters. The molecule has 0 heterocycles. The molecule has 1 aromatic carbocycles. The predicted molar refractivity (Wildman–Crippen MR) is 58.1 cm³/mol. The third-order valence-corrected chi connectivity index (χ3v) is 2.19. The molecule has 0 atom stereocenters. The van der Waals surface area contributed by atoms with E-state index in [-0.39, 0.29) is 5.97 Å². The van der Waals surface area contributed by atoms with E-state index in [1.807, 2.05) is 25.1 Å². The Morgan fingerprint density at radius 3 is 2.60 bits per heavy atom. The molecule has 0 fully saturated rings. The summed E-state index contributed by atoms with van der Waals surface area (Å²) in [4.78, 5) is 11.0. The van der Waals surface area contributed by atoms with Crippen LogP contribution in [0.5, 0.6) is 5.75 Å². The zero-order chi connectivity index (χ0) is 11.3. The lowest BCUT2D eigenvalue weighted by molar-refractivity contribution is -0.140. The Morgan fingerprint density at radius 1 is 1.27 bits per heavy atom. The number of benzene rings is 1. The van der Waals surface area contributed by atoms with E-state index in [9.17, 15) is 4.79 Å². The average Bonchev–Trinajstić information content (AvgIpc) is 2.25. The average molecular weight is 208 g/mol. The zero-order valence-corrected chi connectivity index (χ0v) is 9.37. The van der Waals surface area contributed by atoms with Gasteiger partial charge in [0, 0.05) is 6.42 Å². The third kappa shape index (κ3) is 3.62. The first kappa shape index (κ1) is 11.6. The lowest BCUT2D eigenvalue weighted by atomic mass is 10.1. The van der Waals surface area contributed by atoms with Crippen LogP contribution in [0.4, 0.5) is 0 Å². The van der Waals surface area contributed by atoms with Gasteiger partial charge in [0.2, 0.25) is 0 Å². The second-order valence-electron chi connectivity index (χ2n) is 3.43. The predicted octanol–water partition coefficient (Wildman–Crippen LogP) is 2.11. The molecule has 0 aliphatic carbocycles. The highest BCUT2D eigenvalue weighted by Crippen LogP contribution is 2.17. The van der Waals surface area contributed by atoms with E-state index in [4.69, 9.17) is 4.74 Å². The first-order valence-corrected chi connectivity index (χ1v) is 4.87. The van der Waals surface area contributed by atoms with E-state index < -0.39 is 0 Å². The molecule has 1 rings (SSSR count). The largest absolute Gasteiger partial charge is 0.497 e. The van der Waals surface area contributed by atoms with Crippen molar-refractivity contribution in [1.29, 1.82) is 0 Å². The molecule has 0 aromatic heterocycles. The summed E-state index contributed by atoms with van der Waals surface area (Å²) in [6.07, 6.45) is 1.09. The van der Waals surface area contributed by atoms with E-state index in [1.54, 1.807) is 7.11 Å². The van der Waals surface area contributed by atoms with Gasteiger partial charge in [0.15, 0.2) is 0 Å². The van der Waals surface area contributed by atoms with Gasteiger partial charge in [-0.3, -0.25) is 4.79 Å². The van der Waals surface area contributed by atoms with Crippen LogP contribution in [0.2, 0.25) is 0 Å². The summed E-state index contributed by atoms with van der Waals surface area (Å²) < 4.78 is 9.74. The van der Waals surface area contributed by atoms with Crippen molar-refractivity contribution < 1.29 is 14.3 Å². The van der Waals surface area contributed by atoms with Crippen molar-refractivity contribution in [2.75, 3.05) is 14.2 Å². The minimum absolute atomic E-state index is 0.185. The van der Waals surface area contributed by atoms with Gasteiger partial charge >= 0.3 is 5.97 Å². The topological polar surface area (TPSA) is 35.5 Å². The Labute approximate surface area is 90.0 Å². The van der Waals surface area contributed by atoms with Crippen LogP contribution in [-0.4, -0.2) is 20.2 Å². The van der Waals surface area contributed by atoms with E-state index in [2.05, 4.69) is 4.74 Å². The molecule has 0 N–H and O–H groups in total. The van der Waals surface area contributed by atoms with Crippen molar-refractivity contribution in [2.24, 2.45) is 0 Å². The molecule has 15 heavy (non-hydrogen) atoms. The van der Waals surface area contributed by atoms with Gasteiger partial charge in [0.05, 0.1) is 14.2 Å². The first-order valence-electron chi connectivity index (χ1n) is 4.87. The normalized spacial score (nSPS) is 9.80. The van der Waals surface area contributed by atoms with Gasteiger partial charge in [-0.1, -0.05) is 6.07 Å². The molecular weight excluding hydrogens is 192 g/mol. The van der Waals surface area contributed by atoms with Crippen LogP contribution >= 0.6 is 0 Å². The number of carbonyl (C=O) groups excluding carboxylic acids is 1. The maximum atomic E-state index is 11.0. The number of aryl methyl sites for hydroxylation is 2. The molecule has 82 valence electrons. The lowest BCUT2D eigenvalue weighted by Gasteiger charge is -2.06. The van der Waals surface area contributed by atoms with Crippen LogP contribution < -0.4 is 4.74 Å². The zero-order valence-electron chi connectivity index (χ0n) is 9.37. The highest BCUT2D eigenvalue weighted by molar-refractivity contribution is 5.69. The van der Waals surface area contributed by atoms with Crippen molar-refractivity contribution in [2.45, 2.75) is 19.8 Å². The standard InChI is InChI=1S/C12H16O3/c1-9-6-10(4-5-12(13)15-3)8-11(7-9)14-2/h6-8H,4-5H2,1-3H3. The number of ether oxygens (including phenoxy) is 2. The van der Waals surface area contributed by atoms with E-state index in [0.29, 0.717) is 12.8 Å². The monoisotopic (exact) mass is 208 g/mol. The second-order valence-corrected chi connectivity index (χ2v) is 3.43. The van der Waals surface area contributed by atoms with Gasteiger partial charge in [0.25, 0.3) is 0 Å². The van der Waals surface area contributed by atoms with Gasteiger partial charge in [0.1, 0.15) is 5.75 Å². The molecule has 3 heteroatoms. The second kappa shape index (κ2) is 5.39. The van der Waals surface area contributed by atoms with Gasteiger partial charge in [-0.05, 0) is 36.6 Å². The molecule has 3 nitrogen and oxygen atoms in total. The van der Waals surface area contributed by atoms with Crippen molar-refractivity contribution >= 4 is 5.97 Å². The number of hydrogen-bond acceptors (Lipinski definition) is 3. The summed E-state index contributed by atoms with van der Waals surface area (Å²) in [5.41, 5.74) is 2.23. The molecule has 0 bridgehead atoms. The highest BCUT2D eigenvalue weighted by atomic mass is 16.5.